The van der Waals surface area contributed by atoms with Crippen LogP contribution in [0.2, 0.25) is 0 Å². The molecular formula is C22H22O4. The molecule has 0 radical (unpaired) electrons. The molecule has 0 spiro atoms. The molecule has 2 fully saturated rings. The van der Waals surface area contributed by atoms with Gasteiger partial charge in [-0.2, -0.15) is 0 Å². The Hall–Kier alpha value is -2.62. The Balaban J connectivity index is 1.71. The van der Waals surface area contributed by atoms with Crippen molar-refractivity contribution in [1.29, 1.82) is 0 Å². The van der Waals surface area contributed by atoms with Crippen molar-refractivity contribution >= 4 is 11.9 Å². The second-order valence-electron chi connectivity index (χ2n) is 7.45. The zero-order valence-electron chi connectivity index (χ0n) is 15.4. The number of aryl methyl sites for hydroxylation is 4. The molecule has 2 aliphatic rings. The van der Waals surface area contributed by atoms with E-state index in [-0.39, 0.29) is 11.9 Å². The fourth-order valence-corrected chi connectivity index (χ4v) is 3.90. The van der Waals surface area contributed by atoms with Crippen molar-refractivity contribution in [3.8, 4) is 0 Å². The van der Waals surface area contributed by atoms with Crippen LogP contribution in [0.15, 0.2) is 36.4 Å². The van der Waals surface area contributed by atoms with Crippen LogP contribution < -0.4 is 0 Å². The van der Waals surface area contributed by atoms with Crippen LogP contribution in [-0.4, -0.2) is 11.9 Å². The molecule has 2 aromatic rings. The number of fused-ring (bicyclic) bond motifs is 1. The van der Waals surface area contributed by atoms with Gasteiger partial charge in [0, 0.05) is 0 Å². The molecule has 4 heteroatoms. The van der Waals surface area contributed by atoms with E-state index in [4.69, 9.17) is 9.47 Å². The van der Waals surface area contributed by atoms with Gasteiger partial charge < -0.3 is 9.47 Å². The number of hydrogen-bond acceptors (Lipinski definition) is 4. The minimum absolute atomic E-state index is 0.354. The topological polar surface area (TPSA) is 52.6 Å². The molecule has 2 heterocycles. The SMILES string of the molecule is Cc1ccc([C@H]2OC(=O)[C@@H]3[C@H]2C(=O)O[C@H]3c2ccc(C)c(C)c2)cc1C. The summed E-state index contributed by atoms with van der Waals surface area (Å²) in [5, 5.41) is 0. The average molecular weight is 350 g/mol. The Kier molecular flexibility index (Phi) is 3.87. The minimum Gasteiger partial charge on any atom is -0.456 e. The maximum absolute atomic E-state index is 12.6. The van der Waals surface area contributed by atoms with Gasteiger partial charge in [-0.3, -0.25) is 9.59 Å². The number of rotatable bonds is 2. The summed E-state index contributed by atoms with van der Waals surface area (Å²) in [6.07, 6.45) is -1.15. The van der Waals surface area contributed by atoms with Gasteiger partial charge in [0.05, 0.1) is 0 Å². The first kappa shape index (κ1) is 16.8. The van der Waals surface area contributed by atoms with Crippen LogP contribution in [0.25, 0.3) is 0 Å². The lowest BCUT2D eigenvalue weighted by Gasteiger charge is -2.16. The Morgan fingerprint density at radius 3 is 1.35 bits per heavy atom. The lowest BCUT2D eigenvalue weighted by molar-refractivity contribution is -0.154. The van der Waals surface area contributed by atoms with Crippen LogP contribution in [-0.2, 0) is 19.1 Å². The summed E-state index contributed by atoms with van der Waals surface area (Å²) in [7, 11) is 0. The van der Waals surface area contributed by atoms with Crippen LogP contribution in [0.3, 0.4) is 0 Å². The van der Waals surface area contributed by atoms with Gasteiger partial charge in [-0.25, -0.2) is 0 Å². The fraction of sp³-hybridized carbons (Fsp3) is 0.364. The zero-order valence-corrected chi connectivity index (χ0v) is 15.4. The summed E-state index contributed by atoms with van der Waals surface area (Å²) in [5.74, 6) is -1.88. The standard InChI is InChI=1S/C22H22O4/c1-11-5-7-15(9-13(11)3)19-17-18(22(24)25-19)20(26-21(17)23)16-8-6-12(2)14(4)10-16/h5-10,17-20H,1-4H3/t17-,18-,19-,20+/m1/s1. The van der Waals surface area contributed by atoms with Crippen molar-refractivity contribution in [3.63, 3.8) is 0 Å². The number of carbonyl (C=O) groups is 2. The molecule has 0 N–H and O–H groups in total. The number of cyclic esters (lactones) is 2. The predicted octanol–water partition coefficient (Wildman–Crippen LogP) is 4.05. The molecule has 2 saturated heterocycles. The maximum atomic E-state index is 12.6. The lowest BCUT2D eigenvalue weighted by atomic mass is 9.83. The van der Waals surface area contributed by atoms with E-state index in [1.54, 1.807) is 0 Å². The molecule has 0 aromatic heterocycles. The third-order valence-corrected chi connectivity index (χ3v) is 5.79. The van der Waals surface area contributed by atoms with E-state index in [1.807, 2.05) is 64.1 Å². The number of carbonyl (C=O) groups excluding carboxylic acids is 2. The summed E-state index contributed by atoms with van der Waals surface area (Å²) in [5.41, 5.74) is 6.25. The van der Waals surface area contributed by atoms with Crippen molar-refractivity contribution in [3.05, 3.63) is 69.8 Å². The van der Waals surface area contributed by atoms with E-state index >= 15 is 0 Å². The third-order valence-electron chi connectivity index (χ3n) is 5.79. The largest absolute Gasteiger partial charge is 0.456 e. The predicted molar refractivity (Wildman–Crippen MR) is 96.5 cm³/mol. The minimum atomic E-state index is -0.587. The zero-order chi connectivity index (χ0) is 18.6. The summed E-state index contributed by atoms with van der Waals surface area (Å²) in [6, 6.07) is 11.8. The molecule has 0 unspecified atom stereocenters. The molecule has 0 aliphatic carbocycles. The normalized spacial score (nSPS) is 27.2. The van der Waals surface area contributed by atoms with Crippen molar-refractivity contribution in [2.75, 3.05) is 0 Å². The molecule has 4 nitrogen and oxygen atoms in total. The van der Waals surface area contributed by atoms with Crippen LogP contribution in [0.1, 0.15) is 45.6 Å². The summed E-state index contributed by atoms with van der Waals surface area (Å²) in [6.45, 7) is 8.08. The highest BCUT2D eigenvalue weighted by molar-refractivity contribution is 5.89. The van der Waals surface area contributed by atoms with E-state index < -0.39 is 24.0 Å². The van der Waals surface area contributed by atoms with Crippen LogP contribution in [0.5, 0.6) is 0 Å². The van der Waals surface area contributed by atoms with Crippen LogP contribution >= 0.6 is 0 Å². The number of benzene rings is 2. The van der Waals surface area contributed by atoms with Gasteiger partial charge in [0.1, 0.15) is 24.0 Å². The van der Waals surface area contributed by atoms with Crippen molar-refractivity contribution in [1.82, 2.24) is 0 Å². The van der Waals surface area contributed by atoms with Gasteiger partial charge in [-0.15, -0.1) is 0 Å². The third kappa shape index (κ3) is 2.52. The molecular weight excluding hydrogens is 328 g/mol. The number of esters is 2. The Bertz CT molecular complexity index is 839. The van der Waals surface area contributed by atoms with E-state index in [0.29, 0.717) is 0 Å². The summed E-state index contributed by atoms with van der Waals surface area (Å²) >= 11 is 0. The van der Waals surface area contributed by atoms with Gasteiger partial charge in [-0.1, -0.05) is 36.4 Å². The van der Waals surface area contributed by atoms with Gasteiger partial charge in [0.2, 0.25) is 0 Å². The smallest absolute Gasteiger partial charge is 0.314 e. The first-order valence-electron chi connectivity index (χ1n) is 8.92. The molecule has 4 atom stereocenters. The molecule has 0 saturated carbocycles. The molecule has 0 amide bonds. The van der Waals surface area contributed by atoms with Gasteiger partial charge >= 0.3 is 11.9 Å². The second-order valence-corrected chi connectivity index (χ2v) is 7.45. The van der Waals surface area contributed by atoms with E-state index in [1.165, 1.54) is 0 Å². The Morgan fingerprint density at radius 2 is 1.00 bits per heavy atom. The van der Waals surface area contributed by atoms with Gasteiger partial charge in [-0.05, 0) is 61.1 Å². The van der Waals surface area contributed by atoms with Crippen molar-refractivity contribution in [2.45, 2.75) is 39.9 Å². The maximum Gasteiger partial charge on any atom is 0.314 e. The Morgan fingerprint density at radius 1 is 0.615 bits per heavy atom. The van der Waals surface area contributed by atoms with Gasteiger partial charge in [0.15, 0.2) is 0 Å². The summed E-state index contributed by atoms with van der Waals surface area (Å²) in [4.78, 5) is 25.2. The second kappa shape index (κ2) is 5.97. The highest BCUT2D eigenvalue weighted by atomic mass is 16.6. The summed E-state index contributed by atoms with van der Waals surface area (Å²) < 4.78 is 11.3. The molecule has 26 heavy (non-hydrogen) atoms. The number of hydrogen-bond donors (Lipinski definition) is 0. The fourth-order valence-electron chi connectivity index (χ4n) is 3.90. The highest BCUT2D eigenvalue weighted by Crippen LogP contribution is 2.51. The van der Waals surface area contributed by atoms with Crippen LogP contribution in [0, 0.1) is 39.5 Å². The lowest BCUT2D eigenvalue weighted by Crippen LogP contribution is -2.19. The molecule has 2 aliphatic heterocycles. The Labute approximate surface area is 153 Å². The first-order chi connectivity index (χ1) is 12.4. The van der Waals surface area contributed by atoms with Crippen molar-refractivity contribution in [2.24, 2.45) is 11.8 Å². The number of ether oxygens (including phenoxy) is 2. The van der Waals surface area contributed by atoms with E-state index in [2.05, 4.69) is 0 Å². The van der Waals surface area contributed by atoms with Gasteiger partial charge in [0.25, 0.3) is 0 Å². The monoisotopic (exact) mass is 350 g/mol. The molecule has 134 valence electrons. The molecule has 4 rings (SSSR count). The van der Waals surface area contributed by atoms with Crippen LogP contribution in [0.4, 0.5) is 0 Å². The van der Waals surface area contributed by atoms with E-state index in [0.717, 1.165) is 33.4 Å². The quantitative estimate of drug-likeness (QED) is 0.767. The highest BCUT2D eigenvalue weighted by Gasteiger charge is 2.59. The average Bonchev–Trinajstić information content (AvgIpc) is 3.12. The van der Waals surface area contributed by atoms with E-state index in [9.17, 15) is 9.59 Å². The molecule has 0 bridgehead atoms. The molecule has 2 aromatic carbocycles. The van der Waals surface area contributed by atoms with Crippen molar-refractivity contribution < 1.29 is 19.1 Å². The first-order valence-corrected chi connectivity index (χ1v) is 8.92.